The number of aromatic nitrogens is 2. The summed E-state index contributed by atoms with van der Waals surface area (Å²) in [6.45, 7) is 7.94. The van der Waals surface area contributed by atoms with Crippen molar-refractivity contribution in [1.82, 2.24) is 19.0 Å². The van der Waals surface area contributed by atoms with Crippen LogP contribution in [0, 0.1) is 0 Å². The van der Waals surface area contributed by atoms with Gasteiger partial charge in [0.05, 0.1) is 17.1 Å². The number of sulfonamides is 1. The number of hydrogen-bond donors (Lipinski definition) is 0. The minimum absolute atomic E-state index is 0.0332. The number of unbranched alkanes of at least 4 members (excludes halogenated alkanes) is 1. The quantitative estimate of drug-likeness (QED) is 0.471. The molecule has 2 saturated heterocycles. The summed E-state index contributed by atoms with van der Waals surface area (Å²) < 4.78 is 34.1. The van der Waals surface area contributed by atoms with Crippen molar-refractivity contribution in [2.24, 2.45) is 0 Å². The molecule has 1 amide bonds. The molecular formula is C25H34ClN5O5S. The van der Waals surface area contributed by atoms with Crippen molar-refractivity contribution >= 4 is 33.2 Å². The van der Waals surface area contributed by atoms with Gasteiger partial charge in [0, 0.05) is 50.7 Å². The average Bonchev–Trinajstić information content (AvgIpc) is 3.22. The van der Waals surface area contributed by atoms with E-state index in [0.29, 0.717) is 49.0 Å². The zero-order valence-electron chi connectivity index (χ0n) is 21.5. The highest BCUT2D eigenvalue weighted by atomic mass is 35.5. The van der Waals surface area contributed by atoms with Crippen molar-refractivity contribution in [3.8, 4) is 11.4 Å². The molecule has 0 N–H and O–H groups in total. The Balaban J connectivity index is 1.65. The summed E-state index contributed by atoms with van der Waals surface area (Å²) in [5, 5.41) is 4.31. The number of rotatable bonds is 9. The Bertz CT molecular complexity index is 1290. The molecule has 2 aliphatic heterocycles. The summed E-state index contributed by atoms with van der Waals surface area (Å²) in [6, 6.07) is 6.77. The lowest BCUT2D eigenvalue weighted by Gasteiger charge is -2.36. The van der Waals surface area contributed by atoms with Crippen LogP contribution in [0.25, 0.3) is 5.69 Å². The fourth-order valence-electron chi connectivity index (χ4n) is 4.57. The van der Waals surface area contributed by atoms with Gasteiger partial charge in [-0.15, -0.1) is 0 Å². The molecule has 2 aromatic rings. The zero-order chi connectivity index (χ0) is 26.7. The van der Waals surface area contributed by atoms with Gasteiger partial charge in [0.1, 0.15) is 5.69 Å². The van der Waals surface area contributed by atoms with Gasteiger partial charge in [0.25, 0.3) is 5.91 Å². The van der Waals surface area contributed by atoms with Crippen LogP contribution in [0.15, 0.2) is 35.3 Å². The molecule has 10 nitrogen and oxygen atoms in total. The number of carbonyl (C=O) groups is 1. The van der Waals surface area contributed by atoms with Crippen molar-refractivity contribution in [2.75, 3.05) is 44.2 Å². The third kappa shape index (κ3) is 5.78. The molecule has 2 fully saturated rings. The molecule has 37 heavy (non-hydrogen) atoms. The lowest BCUT2D eigenvalue weighted by Crippen LogP contribution is -2.51. The molecule has 1 unspecified atom stereocenters. The van der Waals surface area contributed by atoms with Crippen molar-refractivity contribution in [2.45, 2.75) is 51.4 Å². The molecule has 0 saturated carbocycles. The van der Waals surface area contributed by atoms with Crippen LogP contribution < -0.4 is 15.2 Å². The highest BCUT2D eigenvalue weighted by Crippen LogP contribution is 2.29. The molecule has 12 heteroatoms. The van der Waals surface area contributed by atoms with Gasteiger partial charge in [-0.05, 0) is 38.5 Å². The molecule has 0 aliphatic carbocycles. The van der Waals surface area contributed by atoms with E-state index in [9.17, 15) is 18.0 Å². The third-order valence-corrected chi connectivity index (χ3v) is 9.30. The first kappa shape index (κ1) is 27.4. The lowest BCUT2D eigenvalue weighted by atomic mass is 10.2. The van der Waals surface area contributed by atoms with Gasteiger partial charge in [0.2, 0.25) is 15.8 Å². The van der Waals surface area contributed by atoms with Crippen molar-refractivity contribution in [3.05, 3.63) is 45.8 Å². The van der Waals surface area contributed by atoms with E-state index in [1.807, 2.05) is 4.90 Å². The minimum atomic E-state index is -3.38. The predicted octanol–water partition coefficient (Wildman–Crippen LogP) is 2.53. The predicted molar refractivity (Wildman–Crippen MR) is 143 cm³/mol. The Hall–Kier alpha value is -2.63. The number of carbonyl (C=O) groups excluding carboxylic acids is 1. The molecule has 0 radical (unpaired) electrons. The molecule has 0 spiro atoms. The summed E-state index contributed by atoms with van der Waals surface area (Å²) in [4.78, 5) is 30.4. The summed E-state index contributed by atoms with van der Waals surface area (Å²) >= 11 is 6.14. The van der Waals surface area contributed by atoms with Gasteiger partial charge in [-0.25, -0.2) is 8.42 Å². The van der Waals surface area contributed by atoms with E-state index in [0.717, 1.165) is 12.8 Å². The van der Waals surface area contributed by atoms with Crippen LogP contribution in [0.3, 0.4) is 0 Å². The fraction of sp³-hybridized carbons (Fsp3) is 0.560. The molecule has 1 aromatic heterocycles. The molecule has 1 aromatic carbocycles. The second-order valence-electron chi connectivity index (χ2n) is 9.61. The molecule has 3 heterocycles. The summed E-state index contributed by atoms with van der Waals surface area (Å²) in [5.41, 5.74) is 0.422. The number of benzene rings is 1. The van der Waals surface area contributed by atoms with E-state index >= 15 is 0 Å². The number of halogens is 1. The number of piperazine rings is 1. The normalized spacial score (nSPS) is 19.2. The van der Waals surface area contributed by atoms with Crippen molar-refractivity contribution in [3.63, 3.8) is 0 Å². The Labute approximate surface area is 222 Å². The lowest BCUT2D eigenvalue weighted by molar-refractivity contribution is -0.133. The average molecular weight is 552 g/mol. The van der Waals surface area contributed by atoms with Crippen LogP contribution in [0.5, 0.6) is 5.75 Å². The largest absolute Gasteiger partial charge is 0.473 e. The first-order chi connectivity index (χ1) is 17.6. The third-order valence-electron chi connectivity index (χ3n) is 6.79. The SMILES string of the molecule is CCCCN1CCC(Oc2c(N3CCN(S(=O)(=O)C(C)C)CC3)cnn(-c3cccc(Cl)c3)c2=O)C1=O. The first-order valence-electron chi connectivity index (χ1n) is 12.7. The smallest absolute Gasteiger partial charge is 0.316 e. The van der Waals surface area contributed by atoms with Crippen LogP contribution >= 0.6 is 11.6 Å². The molecule has 2 aliphatic rings. The maximum absolute atomic E-state index is 13.7. The standard InChI is InChI=1S/C25H34ClN5O5S/c1-4-5-10-29-11-9-22(24(29)32)36-23-21(28-12-14-30(15-13-28)37(34,35)18(2)3)17-27-31(25(23)33)20-8-6-7-19(26)16-20/h6-8,16-18,22H,4-5,9-15H2,1-3H3. The maximum Gasteiger partial charge on any atom is 0.316 e. The zero-order valence-corrected chi connectivity index (χ0v) is 23.0. The molecule has 0 bridgehead atoms. The van der Waals surface area contributed by atoms with E-state index in [1.54, 1.807) is 49.2 Å². The number of ether oxygens (including phenoxy) is 1. The number of nitrogens with zero attached hydrogens (tertiary/aromatic N) is 5. The van der Waals surface area contributed by atoms with E-state index in [4.69, 9.17) is 16.3 Å². The topological polar surface area (TPSA) is 105 Å². The van der Waals surface area contributed by atoms with Gasteiger partial charge >= 0.3 is 5.56 Å². The van der Waals surface area contributed by atoms with Gasteiger partial charge in [-0.3, -0.25) is 9.59 Å². The second kappa shape index (κ2) is 11.4. The number of anilines is 1. The highest BCUT2D eigenvalue weighted by molar-refractivity contribution is 7.89. The Morgan fingerprint density at radius 1 is 1.14 bits per heavy atom. The first-order valence-corrected chi connectivity index (χ1v) is 14.6. The minimum Gasteiger partial charge on any atom is -0.473 e. The highest BCUT2D eigenvalue weighted by Gasteiger charge is 2.36. The van der Waals surface area contributed by atoms with E-state index in [2.05, 4.69) is 12.0 Å². The van der Waals surface area contributed by atoms with E-state index < -0.39 is 26.9 Å². The van der Waals surface area contributed by atoms with Crippen LogP contribution in [-0.4, -0.2) is 83.9 Å². The van der Waals surface area contributed by atoms with Gasteiger partial charge < -0.3 is 14.5 Å². The van der Waals surface area contributed by atoms with Crippen LogP contribution in [-0.2, 0) is 14.8 Å². The number of likely N-dealkylation sites (tertiary alicyclic amines) is 1. The number of hydrogen-bond acceptors (Lipinski definition) is 7. The monoisotopic (exact) mass is 551 g/mol. The Morgan fingerprint density at radius 2 is 1.86 bits per heavy atom. The van der Waals surface area contributed by atoms with Crippen LogP contribution in [0.1, 0.15) is 40.0 Å². The van der Waals surface area contributed by atoms with Gasteiger partial charge in [0.15, 0.2) is 6.10 Å². The maximum atomic E-state index is 13.7. The molecule has 4 rings (SSSR count). The summed E-state index contributed by atoms with van der Waals surface area (Å²) in [7, 11) is -3.38. The fourth-order valence-corrected chi connectivity index (χ4v) is 6.02. The summed E-state index contributed by atoms with van der Waals surface area (Å²) in [6.07, 6.45) is 3.15. The Morgan fingerprint density at radius 3 is 2.51 bits per heavy atom. The van der Waals surface area contributed by atoms with Crippen LogP contribution in [0.4, 0.5) is 5.69 Å². The van der Waals surface area contributed by atoms with E-state index in [1.165, 1.54) is 8.99 Å². The molecule has 202 valence electrons. The second-order valence-corrected chi connectivity index (χ2v) is 12.5. The van der Waals surface area contributed by atoms with Gasteiger partial charge in [-0.1, -0.05) is 31.0 Å². The van der Waals surface area contributed by atoms with E-state index in [-0.39, 0.29) is 24.7 Å². The number of amides is 1. The molecular weight excluding hydrogens is 518 g/mol. The van der Waals surface area contributed by atoms with Crippen molar-refractivity contribution < 1.29 is 17.9 Å². The summed E-state index contributed by atoms with van der Waals surface area (Å²) in [5.74, 6) is -0.0939. The Kier molecular flexibility index (Phi) is 8.45. The van der Waals surface area contributed by atoms with Crippen LogP contribution in [0.2, 0.25) is 5.02 Å². The molecule has 1 atom stereocenters. The van der Waals surface area contributed by atoms with Gasteiger partial charge in [-0.2, -0.15) is 14.1 Å². The van der Waals surface area contributed by atoms with Crippen molar-refractivity contribution in [1.29, 1.82) is 0 Å².